The Labute approximate surface area is 312 Å². The van der Waals surface area contributed by atoms with Crippen LogP contribution in [0.1, 0.15) is 74.2 Å². The molecule has 0 bridgehead atoms. The number of nitrogens with zero attached hydrogens (tertiary/aromatic N) is 5. The zero-order valence-corrected chi connectivity index (χ0v) is 30.5. The number of rotatable bonds is 12. The van der Waals surface area contributed by atoms with Gasteiger partial charge in [-0.05, 0) is 80.1 Å². The van der Waals surface area contributed by atoms with Crippen molar-refractivity contribution in [2.45, 2.75) is 52.1 Å². The molecule has 11 heteroatoms. The molecule has 5 aromatic carbocycles. The topological polar surface area (TPSA) is 117 Å². The molecule has 0 fully saturated rings. The van der Waals surface area contributed by atoms with Gasteiger partial charge < -0.3 is 14.2 Å². The molecule has 2 aliphatic rings. The van der Waals surface area contributed by atoms with Crippen molar-refractivity contribution in [2.75, 3.05) is 18.6 Å². The summed E-state index contributed by atoms with van der Waals surface area (Å²) in [6.45, 7) is 6.12. The summed E-state index contributed by atoms with van der Waals surface area (Å²) < 4.78 is 7.16. The molecule has 4 amide bonds. The van der Waals surface area contributed by atoms with Crippen LogP contribution >= 0.6 is 0 Å². The number of benzene rings is 5. The maximum Gasteiger partial charge on any atom is 0.263 e. The van der Waals surface area contributed by atoms with Crippen LogP contribution in [0.4, 0.5) is 5.69 Å². The van der Waals surface area contributed by atoms with Crippen molar-refractivity contribution in [1.29, 1.82) is 0 Å². The predicted octanol–water partition coefficient (Wildman–Crippen LogP) is 6.78. The van der Waals surface area contributed by atoms with Crippen LogP contribution in [0.3, 0.4) is 0 Å². The van der Waals surface area contributed by atoms with E-state index in [0.29, 0.717) is 52.5 Å². The zero-order valence-electron chi connectivity index (χ0n) is 30.5. The highest BCUT2D eigenvalue weighted by molar-refractivity contribution is 6.27. The van der Waals surface area contributed by atoms with Gasteiger partial charge in [0.2, 0.25) is 0 Å². The lowest BCUT2D eigenvalue weighted by Crippen LogP contribution is -2.63. The van der Waals surface area contributed by atoms with E-state index in [2.05, 4.69) is 10.3 Å². The average molecular weight is 721 g/mol. The third-order valence-electron chi connectivity index (χ3n) is 10.7. The van der Waals surface area contributed by atoms with E-state index in [1.807, 2.05) is 96.2 Å². The molecular weight excluding hydrogens is 681 g/mol. The van der Waals surface area contributed by atoms with Crippen LogP contribution in [0, 0.1) is 0 Å². The molecule has 3 atom stereocenters. The van der Waals surface area contributed by atoms with Crippen molar-refractivity contribution in [2.24, 2.45) is 0 Å². The normalized spacial score (nSPS) is 15.6. The molecule has 1 aromatic heterocycles. The van der Waals surface area contributed by atoms with Crippen LogP contribution < -0.4 is 10.2 Å². The lowest BCUT2D eigenvalue weighted by Gasteiger charge is -2.45. The first kappa shape index (κ1) is 34.9. The third kappa shape index (κ3) is 5.55. The first-order chi connectivity index (χ1) is 26.2. The van der Waals surface area contributed by atoms with Crippen LogP contribution in [0.2, 0.25) is 0 Å². The fourth-order valence-electron chi connectivity index (χ4n) is 8.15. The number of ether oxygens (including phenoxy) is 1. The summed E-state index contributed by atoms with van der Waals surface area (Å²) in [6, 6.07) is 28.0. The molecule has 3 heterocycles. The zero-order chi connectivity index (χ0) is 37.7. The van der Waals surface area contributed by atoms with Crippen LogP contribution in [0.25, 0.3) is 27.2 Å². The molecule has 2 aliphatic heterocycles. The van der Waals surface area contributed by atoms with Gasteiger partial charge in [-0.3, -0.25) is 34.3 Å². The Hall–Kier alpha value is -6.17. The van der Waals surface area contributed by atoms with Gasteiger partial charge in [0.1, 0.15) is 6.17 Å². The molecule has 0 aliphatic carbocycles. The second kappa shape index (κ2) is 14.0. The van der Waals surface area contributed by atoms with E-state index in [0.717, 1.165) is 27.7 Å². The molecule has 11 nitrogen and oxygen atoms in total. The average Bonchev–Trinajstić information content (AvgIpc) is 3.73. The van der Waals surface area contributed by atoms with Gasteiger partial charge in [0, 0.05) is 63.6 Å². The number of amides is 4. The minimum atomic E-state index is -0.776. The van der Waals surface area contributed by atoms with E-state index < -0.39 is 42.1 Å². The summed E-state index contributed by atoms with van der Waals surface area (Å²) in [6.07, 6.45) is 4.30. The standard InChI is InChI=1S/C43H40N6O5/c1-5-37(45-26(2)47-40(50)32-15-9-13-30-28(21-24-54-4)17-18-34(38(30)32)41(47)51)48(29-11-7-6-8-12-29)27(3)49-42(52)33-16-10-14-31-36(46-23-22-44-25-46)20-19-35(39(31)33)43(49)53/h6-20,22-23,25-27,37,45H,5,21,24H2,1-4H3. The Kier molecular flexibility index (Phi) is 9.04. The maximum absolute atomic E-state index is 14.5. The van der Waals surface area contributed by atoms with Gasteiger partial charge in [-0.15, -0.1) is 0 Å². The van der Waals surface area contributed by atoms with Crippen molar-refractivity contribution in [1.82, 2.24) is 24.7 Å². The van der Waals surface area contributed by atoms with E-state index in [1.54, 1.807) is 50.8 Å². The predicted molar refractivity (Wildman–Crippen MR) is 207 cm³/mol. The van der Waals surface area contributed by atoms with Gasteiger partial charge in [0.05, 0.1) is 31.0 Å². The molecule has 272 valence electrons. The van der Waals surface area contributed by atoms with Gasteiger partial charge >= 0.3 is 0 Å². The Morgan fingerprint density at radius 2 is 1.33 bits per heavy atom. The number of nitrogens with one attached hydrogen (secondary N) is 1. The number of carbonyl (C=O) groups excluding carboxylic acids is 4. The monoisotopic (exact) mass is 720 g/mol. The first-order valence-corrected chi connectivity index (χ1v) is 18.2. The number of imidazole rings is 1. The van der Waals surface area contributed by atoms with Crippen LogP contribution in [-0.4, -0.2) is 75.2 Å². The van der Waals surface area contributed by atoms with E-state index in [-0.39, 0.29) is 0 Å². The highest BCUT2D eigenvalue weighted by Gasteiger charge is 2.42. The Morgan fingerprint density at radius 3 is 1.96 bits per heavy atom. The largest absolute Gasteiger partial charge is 0.384 e. The summed E-state index contributed by atoms with van der Waals surface area (Å²) in [5.41, 5.74) is 4.37. The Morgan fingerprint density at radius 1 is 0.722 bits per heavy atom. The summed E-state index contributed by atoms with van der Waals surface area (Å²) in [5.74, 6) is -1.60. The number of para-hydroxylation sites is 1. The van der Waals surface area contributed by atoms with E-state index in [9.17, 15) is 19.2 Å². The summed E-state index contributed by atoms with van der Waals surface area (Å²) in [4.78, 5) is 66.1. The smallest absolute Gasteiger partial charge is 0.263 e. The third-order valence-corrected chi connectivity index (χ3v) is 10.7. The first-order valence-electron chi connectivity index (χ1n) is 18.2. The molecule has 0 saturated heterocycles. The van der Waals surface area contributed by atoms with Gasteiger partial charge in [-0.1, -0.05) is 55.5 Å². The molecule has 0 saturated carbocycles. The second-order valence-corrected chi connectivity index (χ2v) is 13.7. The van der Waals surface area contributed by atoms with Crippen LogP contribution in [0.15, 0.2) is 110 Å². The maximum atomic E-state index is 14.5. The lowest BCUT2D eigenvalue weighted by molar-refractivity contribution is 0.0500. The van der Waals surface area contributed by atoms with E-state index >= 15 is 0 Å². The minimum Gasteiger partial charge on any atom is -0.384 e. The van der Waals surface area contributed by atoms with Crippen LogP contribution in [-0.2, 0) is 11.2 Å². The van der Waals surface area contributed by atoms with E-state index in [1.165, 1.54) is 9.80 Å². The van der Waals surface area contributed by atoms with Crippen molar-refractivity contribution >= 4 is 50.9 Å². The lowest BCUT2D eigenvalue weighted by atomic mass is 9.90. The number of imide groups is 2. The highest BCUT2D eigenvalue weighted by Crippen LogP contribution is 2.37. The van der Waals surface area contributed by atoms with Crippen molar-refractivity contribution in [3.05, 3.63) is 138 Å². The molecular formula is C43H40N6O5. The molecule has 3 unspecified atom stereocenters. The summed E-state index contributed by atoms with van der Waals surface area (Å²) in [5, 5.41) is 6.45. The number of hydrogen-bond donors (Lipinski definition) is 1. The van der Waals surface area contributed by atoms with E-state index in [4.69, 9.17) is 4.74 Å². The number of aromatic nitrogens is 2. The van der Waals surface area contributed by atoms with Gasteiger partial charge in [-0.25, -0.2) is 4.98 Å². The molecule has 0 radical (unpaired) electrons. The molecule has 54 heavy (non-hydrogen) atoms. The molecule has 0 spiro atoms. The quantitative estimate of drug-likeness (QED) is 0.109. The second-order valence-electron chi connectivity index (χ2n) is 13.7. The number of anilines is 1. The molecule has 1 N–H and O–H groups in total. The highest BCUT2D eigenvalue weighted by atomic mass is 16.5. The number of methoxy groups -OCH3 is 1. The SMILES string of the molecule is CCC(NC(C)N1C(=O)c2cccc3c(CCOC)ccc(c23)C1=O)N(c1ccccc1)C(C)N1C(=O)c2cccc3c(-n4ccnc4)ccc(c23)C1=O. The molecule has 6 aromatic rings. The number of hydrogen-bond acceptors (Lipinski definition) is 8. The number of carbonyl (C=O) groups is 4. The fourth-order valence-corrected chi connectivity index (χ4v) is 8.15. The molecule has 8 rings (SSSR count). The van der Waals surface area contributed by atoms with Crippen LogP contribution in [0.5, 0.6) is 0 Å². The van der Waals surface area contributed by atoms with Gasteiger partial charge in [0.15, 0.2) is 0 Å². The summed E-state index contributed by atoms with van der Waals surface area (Å²) >= 11 is 0. The van der Waals surface area contributed by atoms with Crippen molar-refractivity contribution in [3.63, 3.8) is 0 Å². The van der Waals surface area contributed by atoms with Gasteiger partial charge in [0.25, 0.3) is 23.6 Å². The fraction of sp³-hybridized carbons (Fsp3) is 0.233. The Bertz CT molecular complexity index is 2400. The minimum absolute atomic E-state index is 0.391. The van der Waals surface area contributed by atoms with Crippen molar-refractivity contribution in [3.8, 4) is 5.69 Å². The van der Waals surface area contributed by atoms with Gasteiger partial charge in [-0.2, -0.15) is 0 Å². The summed E-state index contributed by atoms with van der Waals surface area (Å²) in [7, 11) is 1.65. The Balaban J connectivity index is 1.13. The van der Waals surface area contributed by atoms with Crippen molar-refractivity contribution < 1.29 is 23.9 Å².